The monoisotopic (exact) mass is 411 g/mol. The first-order valence-corrected chi connectivity index (χ1v) is 8.37. The maximum atomic E-state index is 4.42. The van der Waals surface area contributed by atoms with E-state index in [2.05, 4.69) is 85.4 Å². The van der Waals surface area contributed by atoms with Crippen LogP contribution in [0, 0.1) is 0 Å². The minimum atomic E-state index is 0.740. The molecule has 0 saturated heterocycles. The molecule has 0 aliphatic carbocycles. The van der Waals surface area contributed by atoms with Gasteiger partial charge in [0.1, 0.15) is 0 Å². The van der Waals surface area contributed by atoms with Gasteiger partial charge in [-0.25, -0.2) is 0 Å². The number of pyridine rings is 1. The van der Waals surface area contributed by atoms with Crippen molar-refractivity contribution in [1.29, 1.82) is 0 Å². The van der Waals surface area contributed by atoms with E-state index >= 15 is 0 Å². The Balaban J connectivity index is 1.97. The van der Waals surface area contributed by atoms with E-state index in [0.29, 0.717) is 0 Å². The molecule has 1 aromatic heterocycles. The summed E-state index contributed by atoms with van der Waals surface area (Å²) in [6.45, 7) is 2.54. The molecule has 0 radical (unpaired) electrons. The van der Waals surface area contributed by atoms with Gasteiger partial charge in [0.15, 0.2) is 0 Å². The Bertz CT molecular complexity index is 600. The summed E-state index contributed by atoms with van der Waals surface area (Å²) in [5.41, 5.74) is 3.71. The molecule has 1 N–H and O–H groups in total. The lowest BCUT2D eigenvalue weighted by atomic mass is 10.1. The topological polar surface area (TPSA) is 28.2 Å². The Kier molecular flexibility index (Phi) is 6.36. The van der Waals surface area contributed by atoms with E-state index in [-0.39, 0.29) is 0 Å². The van der Waals surface area contributed by atoms with Crippen molar-refractivity contribution in [3.63, 3.8) is 0 Å². The number of aromatic nitrogens is 1. The van der Waals surface area contributed by atoms with Crippen molar-refractivity contribution >= 4 is 31.9 Å². The summed E-state index contributed by atoms with van der Waals surface area (Å²) >= 11 is 6.96. The zero-order valence-electron chi connectivity index (χ0n) is 12.2. The zero-order valence-corrected chi connectivity index (χ0v) is 15.4. The average molecular weight is 413 g/mol. The van der Waals surface area contributed by atoms with Gasteiger partial charge in [-0.1, -0.05) is 24.3 Å². The van der Waals surface area contributed by atoms with E-state index in [9.17, 15) is 0 Å². The molecule has 2 aromatic rings. The second-order valence-electron chi connectivity index (χ2n) is 5.19. The van der Waals surface area contributed by atoms with Gasteiger partial charge >= 0.3 is 0 Å². The minimum Gasteiger partial charge on any atom is -0.307 e. The number of hydrogen-bond acceptors (Lipinski definition) is 3. The highest BCUT2D eigenvalue weighted by atomic mass is 79.9. The first-order chi connectivity index (χ1) is 10.1. The van der Waals surface area contributed by atoms with Gasteiger partial charge in [-0.05, 0) is 63.1 Å². The van der Waals surface area contributed by atoms with Crippen LogP contribution in [-0.2, 0) is 19.6 Å². The SMILES string of the molecule is CN(C)Cc1ccccc1CNCc1ncc(Br)cc1Br. The predicted molar refractivity (Wildman–Crippen MR) is 94.0 cm³/mol. The van der Waals surface area contributed by atoms with Gasteiger partial charge in [-0.15, -0.1) is 0 Å². The van der Waals surface area contributed by atoms with Gasteiger partial charge in [-0.3, -0.25) is 4.98 Å². The summed E-state index contributed by atoms with van der Waals surface area (Å²) in [7, 11) is 4.18. The number of halogens is 2. The Labute approximate surface area is 143 Å². The van der Waals surface area contributed by atoms with Crippen LogP contribution in [0.1, 0.15) is 16.8 Å². The molecular weight excluding hydrogens is 394 g/mol. The van der Waals surface area contributed by atoms with E-state index < -0.39 is 0 Å². The molecule has 112 valence electrons. The fourth-order valence-corrected chi connectivity index (χ4v) is 3.24. The molecule has 3 nitrogen and oxygen atoms in total. The molecule has 0 unspecified atom stereocenters. The number of nitrogens with one attached hydrogen (secondary N) is 1. The quantitative estimate of drug-likeness (QED) is 0.778. The lowest BCUT2D eigenvalue weighted by Gasteiger charge is -2.14. The Morgan fingerprint density at radius 1 is 1.10 bits per heavy atom. The second-order valence-corrected chi connectivity index (χ2v) is 6.96. The normalized spacial score (nSPS) is 11.1. The summed E-state index contributed by atoms with van der Waals surface area (Å²) < 4.78 is 2.00. The summed E-state index contributed by atoms with van der Waals surface area (Å²) in [5, 5.41) is 3.47. The fourth-order valence-electron chi connectivity index (χ4n) is 2.11. The molecule has 5 heteroatoms. The standard InChI is InChI=1S/C16H19Br2N3/c1-21(2)11-13-6-4-3-5-12(13)8-19-10-16-15(18)7-14(17)9-20-16/h3-7,9,19H,8,10-11H2,1-2H3. The van der Waals surface area contributed by atoms with E-state index in [4.69, 9.17) is 0 Å². The van der Waals surface area contributed by atoms with Gasteiger partial charge in [-0.2, -0.15) is 0 Å². The molecule has 1 heterocycles. The molecule has 0 saturated carbocycles. The first kappa shape index (κ1) is 16.6. The molecule has 1 aromatic carbocycles. The summed E-state index contributed by atoms with van der Waals surface area (Å²) in [4.78, 5) is 6.60. The smallest absolute Gasteiger partial charge is 0.0684 e. The van der Waals surface area contributed by atoms with Crippen LogP contribution >= 0.6 is 31.9 Å². The largest absolute Gasteiger partial charge is 0.307 e. The minimum absolute atomic E-state index is 0.740. The van der Waals surface area contributed by atoms with Crippen molar-refractivity contribution in [2.45, 2.75) is 19.6 Å². The summed E-state index contributed by atoms with van der Waals surface area (Å²) in [6.07, 6.45) is 1.82. The van der Waals surface area contributed by atoms with Crippen LogP contribution in [0.2, 0.25) is 0 Å². The van der Waals surface area contributed by atoms with Crippen LogP contribution in [0.4, 0.5) is 0 Å². The van der Waals surface area contributed by atoms with E-state index in [1.807, 2.05) is 12.3 Å². The maximum Gasteiger partial charge on any atom is 0.0684 e. The highest BCUT2D eigenvalue weighted by molar-refractivity contribution is 9.11. The van der Waals surface area contributed by atoms with Crippen molar-refractivity contribution in [2.75, 3.05) is 14.1 Å². The Morgan fingerprint density at radius 3 is 2.48 bits per heavy atom. The third kappa shape index (κ3) is 5.18. The third-order valence-corrected chi connectivity index (χ3v) is 4.22. The molecule has 2 rings (SSSR count). The highest BCUT2D eigenvalue weighted by Crippen LogP contribution is 2.19. The molecule has 0 aliphatic rings. The lowest BCUT2D eigenvalue weighted by Crippen LogP contribution is -2.17. The van der Waals surface area contributed by atoms with Crippen molar-refractivity contribution < 1.29 is 0 Å². The van der Waals surface area contributed by atoms with Gasteiger partial charge in [0, 0.05) is 34.8 Å². The second kappa shape index (κ2) is 8.03. The number of benzene rings is 1. The Morgan fingerprint density at radius 2 is 1.81 bits per heavy atom. The molecule has 0 fully saturated rings. The first-order valence-electron chi connectivity index (χ1n) is 6.78. The molecule has 0 amide bonds. The average Bonchev–Trinajstić information content (AvgIpc) is 2.42. The fraction of sp³-hybridized carbons (Fsp3) is 0.312. The van der Waals surface area contributed by atoms with Crippen LogP contribution in [0.25, 0.3) is 0 Å². The van der Waals surface area contributed by atoms with Crippen LogP contribution in [-0.4, -0.2) is 24.0 Å². The van der Waals surface area contributed by atoms with Crippen LogP contribution in [0.5, 0.6) is 0 Å². The van der Waals surface area contributed by atoms with Crippen molar-refractivity contribution in [1.82, 2.24) is 15.2 Å². The molecule has 21 heavy (non-hydrogen) atoms. The van der Waals surface area contributed by atoms with Gasteiger partial charge in [0.2, 0.25) is 0 Å². The van der Waals surface area contributed by atoms with Crippen LogP contribution < -0.4 is 5.32 Å². The van der Waals surface area contributed by atoms with Crippen molar-refractivity contribution in [3.8, 4) is 0 Å². The molecule has 0 bridgehead atoms. The maximum absolute atomic E-state index is 4.42. The molecule has 0 atom stereocenters. The predicted octanol–water partition coefficient (Wildman–Crippen LogP) is 3.96. The third-order valence-electron chi connectivity index (χ3n) is 3.10. The van der Waals surface area contributed by atoms with Crippen LogP contribution in [0.15, 0.2) is 45.5 Å². The number of rotatable bonds is 6. The zero-order chi connectivity index (χ0) is 15.2. The lowest BCUT2D eigenvalue weighted by molar-refractivity contribution is 0.400. The van der Waals surface area contributed by atoms with E-state index in [0.717, 1.165) is 34.3 Å². The Hall–Kier alpha value is -0.750. The molecule has 0 spiro atoms. The van der Waals surface area contributed by atoms with Crippen molar-refractivity contribution in [2.24, 2.45) is 0 Å². The van der Waals surface area contributed by atoms with Gasteiger partial charge < -0.3 is 10.2 Å². The van der Waals surface area contributed by atoms with Gasteiger partial charge in [0.05, 0.1) is 5.69 Å². The van der Waals surface area contributed by atoms with Gasteiger partial charge in [0.25, 0.3) is 0 Å². The molecule has 0 aliphatic heterocycles. The number of hydrogen-bond donors (Lipinski definition) is 1. The van der Waals surface area contributed by atoms with E-state index in [1.165, 1.54) is 11.1 Å². The van der Waals surface area contributed by atoms with Crippen molar-refractivity contribution in [3.05, 3.63) is 62.3 Å². The highest BCUT2D eigenvalue weighted by Gasteiger charge is 2.05. The summed E-state index contributed by atoms with van der Waals surface area (Å²) in [6, 6.07) is 10.6. The molecular formula is C16H19Br2N3. The van der Waals surface area contributed by atoms with Crippen LogP contribution in [0.3, 0.4) is 0 Å². The van der Waals surface area contributed by atoms with E-state index in [1.54, 1.807) is 0 Å². The number of nitrogens with zero attached hydrogens (tertiary/aromatic N) is 2. The summed E-state index contributed by atoms with van der Waals surface area (Å²) in [5.74, 6) is 0.